The number of carbonyl (C=O) groups is 1. The van der Waals surface area contributed by atoms with Gasteiger partial charge in [0.05, 0.1) is 17.8 Å². The number of rotatable bonds is 6. The molecule has 0 aromatic carbocycles. The van der Waals surface area contributed by atoms with Gasteiger partial charge in [-0.15, -0.1) is 4.28 Å². The Labute approximate surface area is 133 Å². The van der Waals surface area contributed by atoms with E-state index in [2.05, 4.69) is 4.28 Å². The van der Waals surface area contributed by atoms with Crippen LogP contribution in [0, 0.1) is 5.41 Å². The van der Waals surface area contributed by atoms with Crippen LogP contribution < -0.4 is 10.5 Å². The average Bonchev–Trinajstić information content (AvgIpc) is 2.62. The molecule has 0 aliphatic carbocycles. The third-order valence-electron chi connectivity index (χ3n) is 3.48. The zero-order valence-electron chi connectivity index (χ0n) is 11.9. The fourth-order valence-corrected chi connectivity index (χ4v) is 3.85. The van der Waals surface area contributed by atoms with Gasteiger partial charge in [-0.25, -0.2) is 13.2 Å². The molecule has 0 radical (unpaired) electrons. The zero-order chi connectivity index (χ0) is 17.4. The number of hydrogen-bond acceptors (Lipinski definition) is 8. The minimum atomic E-state index is -4.85. The lowest BCUT2D eigenvalue weighted by molar-refractivity contribution is -0.0316. The first-order valence-electron chi connectivity index (χ1n) is 6.60. The Balaban J connectivity index is 2.11. The first kappa shape index (κ1) is 17.9. The number of nitrogens with zero attached hydrogens (tertiary/aromatic N) is 2. The Hall–Kier alpha value is -1.48. The summed E-state index contributed by atoms with van der Waals surface area (Å²) < 4.78 is 59.8. The molecule has 2 heterocycles. The molecule has 132 valence electrons. The topological polar surface area (TPSA) is 183 Å². The average molecular weight is 371 g/mol. The maximum atomic E-state index is 12.1. The van der Waals surface area contributed by atoms with Crippen LogP contribution in [0.2, 0.25) is 0 Å². The van der Waals surface area contributed by atoms with E-state index in [1.165, 1.54) is 0 Å². The van der Waals surface area contributed by atoms with Gasteiger partial charge in [0.15, 0.2) is 0 Å². The molecule has 2 rings (SSSR count). The number of amidine groups is 1. The number of amides is 2. The Morgan fingerprint density at radius 3 is 2.61 bits per heavy atom. The summed E-state index contributed by atoms with van der Waals surface area (Å²) in [7, 11) is -8.63. The second-order valence-electron chi connectivity index (χ2n) is 5.13. The predicted octanol–water partition coefficient (Wildman–Crippen LogP) is -2.16. The molecule has 0 spiro atoms. The smallest absolute Gasteiger partial charge is 0.329 e. The predicted molar refractivity (Wildman–Crippen MR) is 77.1 cm³/mol. The van der Waals surface area contributed by atoms with E-state index in [-0.39, 0.29) is 31.7 Å². The summed E-state index contributed by atoms with van der Waals surface area (Å²) in [5, 5.41) is 8.38. The van der Waals surface area contributed by atoms with E-state index in [1.54, 1.807) is 0 Å². The second-order valence-corrected chi connectivity index (χ2v) is 7.98. The maximum Gasteiger partial charge on any atom is 0.418 e. The Morgan fingerprint density at radius 1 is 1.39 bits per heavy atom. The van der Waals surface area contributed by atoms with Crippen LogP contribution in [0.5, 0.6) is 0 Å². The van der Waals surface area contributed by atoms with Crippen molar-refractivity contribution in [1.29, 1.82) is 5.41 Å². The van der Waals surface area contributed by atoms with E-state index in [1.807, 2.05) is 4.72 Å². The summed E-state index contributed by atoms with van der Waals surface area (Å²) in [5.41, 5.74) is 5.17. The fourth-order valence-electron chi connectivity index (χ4n) is 2.57. The van der Waals surface area contributed by atoms with Gasteiger partial charge in [0.2, 0.25) is 10.0 Å². The van der Waals surface area contributed by atoms with Crippen LogP contribution in [0.3, 0.4) is 0 Å². The van der Waals surface area contributed by atoms with Crippen molar-refractivity contribution in [1.82, 2.24) is 14.7 Å². The molecule has 2 fully saturated rings. The summed E-state index contributed by atoms with van der Waals surface area (Å²) >= 11 is 0. The number of carbonyl (C=O) groups excluding carboxylic acids is 1. The third-order valence-corrected chi connectivity index (χ3v) is 5.14. The van der Waals surface area contributed by atoms with Crippen molar-refractivity contribution < 1.29 is 30.5 Å². The molecule has 0 aromatic heterocycles. The lowest BCUT2D eigenvalue weighted by atomic mass is 10.0. The maximum absolute atomic E-state index is 12.1. The first-order chi connectivity index (χ1) is 10.5. The van der Waals surface area contributed by atoms with Crippen molar-refractivity contribution in [3.05, 3.63) is 0 Å². The number of nitrogens with two attached hydrogens (primary N) is 1. The number of piperidine rings is 1. The van der Waals surface area contributed by atoms with Gasteiger partial charge in [0.25, 0.3) is 0 Å². The monoisotopic (exact) mass is 371 g/mol. The molecule has 5 N–H and O–H groups in total. The van der Waals surface area contributed by atoms with Gasteiger partial charge < -0.3 is 10.6 Å². The van der Waals surface area contributed by atoms with E-state index >= 15 is 0 Å². The van der Waals surface area contributed by atoms with Crippen molar-refractivity contribution in [2.45, 2.75) is 24.9 Å². The van der Waals surface area contributed by atoms with E-state index in [9.17, 15) is 21.6 Å². The molecule has 14 heteroatoms. The van der Waals surface area contributed by atoms with Crippen molar-refractivity contribution in [2.24, 2.45) is 5.73 Å². The van der Waals surface area contributed by atoms with Crippen LogP contribution in [-0.4, -0.2) is 74.1 Å². The minimum Gasteiger partial charge on any atom is -0.329 e. The molecule has 0 aromatic rings. The Kier molecular flexibility index (Phi) is 4.81. The Bertz CT molecular complexity index is 706. The molecule has 2 aliphatic rings. The SMILES string of the molecule is N=C(NS(=O)(=O)CCN)[C@@H]1CC[C@@H]2CN1C(=O)N2OS(=O)(=O)O. The molecule has 2 atom stereocenters. The molecule has 2 saturated heterocycles. The van der Waals surface area contributed by atoms with Crippen LogP contribution >= 0.6 is 0 Å². The number of hydrogen-bond donors (Lipinski definition) is 4. The first-order valence-corrected chi connectivity index (χ1v) is 9.61. The van der Waals surface area contributed by atoms with Crippen molar-refractivity contribution >= 4 is 32.3 Å². The van der Waals surface area contributed by atoms with E-state index < -0.39 is 44.4 Å². The molecule has 12 nitrogen and oxygen atoms in total. The van der Waals surface area contributed by atoms with Gasteiger partial charge in [-0.1, -0.05) is 0 Å². The number of urea groups is 1. The van der Waals surface area contributed by atoms with Gasteiger partial charge in [-0.2, -0.15) is 13.5 Å². The highest BCUT2D eigenvalue weighted by Gasteiger charge is 2.48. The molecule has 0 saturated carbocycles. The molecule has 0 unspecified atom stereocenters. The van der Waals surface area contributed by atoms with Crippen LogP contribution in [0.25, 0.3) is 0 Å². The van der Waals surface area contributed by atoms with Crippen LogP contribution in [0.15, 0.2) is 0 Å². The molecule has 23 heavy (non-hydrogen) atoms. The molecule has 2 bridgehead atoms. The third kappa shape index (κ3) is 4.08. The minimum absolute atomic E-state index is 0.0556. The van der Waals surface area contributed by atoms with Gasteiger partial charge in [0, 0.05) is 13.1 Å². The number of sulfonamides is 1. The lowest BCUT2D eigenvalue weighted by Gasteiger charge is -2.30. The van der Waals surface area contributed by atoms with Gasteiger partial charge in [0.1, 0.15) is 5.84 Å². The highest BCUT2D eigenvalue weighted by Crippen LogP contribution is 2.30. The highest BCUT2D eigenvalue weighted by molar-refractivity contribution is 7.90. The highest BCUT2D eigenvalue weighted by atomic mass is 32.3. The molecule has 2 aliphatic heterocycles. The Morgan fingerprint density at radius 2 is 2.04 bits per heavy atom. The summed E-state index contributed by atoms with van der Waals surface area (Å²) in [6.45, 7) is -0.0615. The van der Waals surface area contributed by atoms with Crippen molar-refractivity contribution in [2.75, 3.05) is 18.8 Å². The standard InChI is InChI=1S/C9H17N5O7S2/c10-3-4-22(16,17)12-8(11)7-2-1-6-5-13(7)9(15)14(6)21-23(18,19)20/h6-7H,1-5,10H2,(H2,11,12)(H,18,19,20)/t6-,7+/m1/s1. The number of fused-ring (bicyclic) bond motifs is 2. The fraction of sp³-hybridized carbons (Fsp3) is 0.778. The quantitative estimate of drug-likeness (QED) is 0.231. The molecule has 2 amide bonds. The largest absolute Gasteiger partial charge is 0.418 e. The van der Waals surface area contributed by atoms with Crippen molar-refractivity contribution in [3.8, 4) is 0 Å². The summed E-state index contributed by atoms with van der Waals surface area (Å²) in [5.74, 6) is -0.768. The summed E-state index contributed by atoms with van der Waals surface area (Å²) in [4.78, 5) is 13.2. The van der Waals surface area contributed by atoms with Crippen LogP contribution in [-0.2, 0) is 24.7 Å². The lowest BCUT2D eigenvalue weighted by Crippen LogP contribution is -2.51. The van der Waals surface area contributed by atoms with E-state index in [4.69, 9.17) is 15.7 Å². The summed E-state index contributed by atoms with van der Waals surface area (Å²) in [6, 6.07) is -2.33. The van der Waals surface area contributed by atoms with E-state index in [0.29, 0.717) is 5.06 Å². The normalized spacial score (nSPS) is 24.9. The van der Waals surface area contributed by atoms with Gasteiger partial charge >= 0.3 is 16.4 Å². The molecular weight excluding hydrogens is 354 g/mol. The van der Waals surface area contributed by atoms with Gasteiger partial charge in [-0.3, -0.25) is 14.7 Å². The van der Waals surface area contributed by atoms with Crippen LogP contribution in [0.1, 0.15) is 12.8 Å². The number of nitrogens with one attached hydrogen (secondary N) is 2. The zero-order valence-corrected chi connectivity index (χ0v) is 13.5. The van der Waals surface area contributed by atoms with Crippen molar-refractivity contribution in [3.63, 3.8) is 0 Å². The summed E-state index contributed by atoms with van der Waals surface area (Å²) in [6.07, 6.45) is 0.523. The number of hydroxylamine groups is 2. The molecular formula is C9H17N5O7S2. The second kappa shape index (κ2) is 6.20. The van der Waals surface area contributed by atoms with Gasteiger partial charge in [-0.05, 0) is 12.8 Å². The van der Waals surface area contributed by atoms with E-state index in [0.717, 1.165) is 4.90 Å². The van der Waals surface area contributed by atoms with Crippen LogP contribution in [0.4, 0.5) is 4.79 Å².